The molecule has 0 saturated heterocycles. The Bertz CT molecular complexity index is 263. The maximum Gasteiger partial charge on any atom is 0.0824 e. The predicted molar refractivity (Wildman–Crippen MR) is 60.9 cm³/mol. The molecule has 0 unspecified atom stereocenters. The summed E-state index contributed by atoms with van der Waals surface area (Å²) in [6.45, 7) is 9.85. The molecule has 0 aliphatic carbocycles. The highest BCUT2D eigenvalue weighted by Crippen LogP contribution is 2.08. The zero-order chi connectivity index (χ0) is 10.3. The lowest BCUT2D eigenvalue weighted by Gasteiger charge is -1.92. The van der Waals surface area contributed by atoms with Gasteiger partial charge in [0.05, 0.1) is 5.03 Å². The van der Waals surface area contributed by atoms with E-state index in [0.717, 1.165) is 24.0 Å². The van der Waals surface area contributed by atoms with Crippen molar-refractivity contribution in [3.05, 3.63) is 40.6 Å². The third kappa shape index (κ3) is 6.45. The monoisotopic (exact) mass is 196 g/mol. The van der Waals surface area contributed by atoms with Crippen LogP contribution < -0.4 is 0 Å². The Labute approximate surface area is 86.3 Å². The molecular formula is C12H17Cl. The quantitative estimate of drug-likeness (QED) is 0.456. The van der Waals surface area contributed by atoms with Crippen LogP contribution in [-0.2, 0) is 0 Å². The van der Waals surface area contributed by atoms with Gasteiger partial charge in [-0.3, -0.25) is 0 Å². The van der Waals surface area contributed by atoms with Gasteiger partial charge in [0.1, 0.15) is 0 Å². The second-order valence-corrected chi connectivity index (χ2v) is 3.48. The summed E-state index contributed by atoms with van der Waals surface area (Å²) in [5.74, 6) is 0. The fourth-order valence-electron chi connectivity index (χ4n) is 0.681. The molecule has 0 aliphatic rings. The van der Waals surface area contributed by atoms with Crippen LogP contribution in [-0.4, -0.2) is 0 Å². The van der Waals surface area contributed by atoms with E-state index in [1.807, 2.05) is 19.9 Å². The molecule has 0 aromatic carbocycles. The van der Waals surface area contributed by atoms with Crippen molar-refractivity contribution in [2.24, 2.45) is 0 Å². The Balaban J connectivity index is 4.48. The Morgan fingerprint density at radius 2 is 2.08 bits per heavy atom. The highest BCUT2D eigenvalue weighted by Gasteiger charge is 1.87. The molecule has 13 heavy (non-hydrogen) atoms. The second-order valence-electron chi connectivity index (χ2n) is 3.07. The standard InChI is InChI=1S/C12H17Cl/c1-5-6-7-8-12(13)9-11(4)10(2)3/h7-8H,2,5-6H2,1,3-4H3. The topological polar surface area (TPSA) is 0 Å². The molecule has 0 fully saturated rings. The number of halogens is 1. The van der Waals surface area contributed by atoms with Gasteiger partial charge in [-0.15, -0.1) is 0 Å². The molecule has 1 heteroatoms. The largest absolute Gasteiger partial charge is 0.0971 e. The predicted octanol–water partition coefficient (Wildman–Crippen LogP) is 4.59. The van der Waals surface area contributed by atoms with Crippen molar-refractivity contribution in [1.82, 2.24) is 0 Å². The number of rotatable bonds is 4. The minimum absolute atomic E-state index is 0.647. The van der Waals surface area contributed by atoms with Crippen LogP contribution >= 0.6 is 11.6 Å². The first kappa shape index (κ1) is 12.3. The SMILES string of the molecule is C=C(C)C(C)=C=C(Cl)C=CCCC. The van der Waals surface area contributed by atoms with Crippen LogP contribution in [0.15, 0.2) is 40.6 Å². The van der Waals surface area contributed by atoms with Crippen LogP contribution in [0.25, 0.3) is 0 Å². The van der Waals surface area contributed by atoms with Crippen molar-refractivity contribution in [1.29, 1.82) is 0 Å². The van der Waals surface area contributed by atoms with Crippen molar-refractivity contribution in [2.45, 2.75) is 33.6 Å². The van der Waals surface area contributed by atoms with Gasteiger partial charge in [0, 0.05) is 0 Å². The molecule has 72 valence electrons. The molecule has 0 nitrogen and oxygen atoms in total. The molecule has 0 amide bonds. The highest BCUT2D eigenvalue weighted by molar-refractivity contribution is 6.31. The molecule has 0 aliphatic heterocycles. The fraction of sp³-hybridized carbons (Fsp3) is 0.417. The van der Waals surface area contributed by atoms with Crippen LogP contribution in [0.3, 0.4) is 0 Å². The van der Waals surface area contributed by atoms with E-state index in [-0.39, 0.29) is 0 Å². The van der Waals surface area contributed by atoms with E-state index in [0.29, 0.717) is 5.03 Å². The molecule has 0 atom stereocenters. The number of hydrogen-bond acceptors (Lipinski definition) is 0. The van der Waals surface area contributed by atoms with Crippen molar-refractivity contribution in [3.8, 4) is 0 Å². The van der Waals surface area contributed by atoms with E-state index in [2.05, 4.69) is 25.3 Å². The third-order valence-corrected chi connectivity index (χ3v) is 1.89. The summed E-state index contributed by atoms with van der Waals surface area (Å²) in [6, 6.07) is 0. The summed E-state index contributed by atoms with van der Waals surface area (Å²) in [5.41, 5.74) is 5.06. The Kier molecular flexibility index (Phi) is 6.40. The number of allylic oxidation sites excluding steroid dienone is 4. The lowest BCUT2D eigenvalue weighted by atomic mass is 10.2. The van der Waals surface area contributed by atoms with E-state index in [1.54, 1.807) is 0 Å². The van der Waals surface area contributed by atoms with Crippen LogP contribution in [0.5, 0.6) is 0 Å². The van der Waals surface area contributed by atoms with E-state index in [9.17, 15) is 0 Å². The normalized spacial score (nSPS) is 9.85. The molecule has 0 radical (unpaired) electrons. The summed E-state index contributed by atoms with van der Waals surface area (Å²) < 4.78 is 0. The Morgan fingerprint density at radius 1 is 1.46 bits per heavy atom. The first-order chi connectivity index (χ1) is 6.07. The average molecular weight is 197 g/mol. The summed E-state index contributed by atoms with van der Waals surface area (Å²) in [7, 11) is 0. The maximum atomic E-state index is 5.91. The first-order valence-electron chi connectivity index (χ1n) is 4.53. The zero-order valence-electron chi connectivity index (χ0n) is 8.65. The molecular weight excluding hydrogens is 180 g/mol. The average Bonchev–Trinajstić information content (AvgIpc) is 2.04. The second kappa shape index (κ2) is 6.77. The minimum atomic E-state index is 0.647. The van der Waals surface area contributed by atoms with Gasteiger partial charge in [-0.05, 0) is 37.5 Å². The van der Waals surface area contributed by atoms with Crippen LogP contribution in [0.4, 0.5) is 0 Å². The lowest BCUT2D eigenvalue weighted by molar-refractivity contribution is 0.958. The third-order valence-electron chi connectivity index (χ3n) is 1.67. The van der Waals surface area contributed by atoms with Crippen molar-refractivity contribution in [2.75, 3.05) is 0 Å². The maximum absolute atomic E-state index is 5.91. The molecule has 0 heterocycles. The number of unbranched alkanes of at least 4 members (excludes halogenated alkanes) is 1. The summed E-state index contributed by atoms with van der Waals surface area (Å²) >= 11 is 5.91. The van der Waals surface area contributed by atoms with Gasteiger partial charge in [-0.2, -0.15) is 0 Å². The molecule has 0 saturated carbocycles. The van der Waals surface area contributed by atoms with Gasteiger partial charge < -0.3 is 0 Å². The summed E-state index contributed by atoms with van der Waals surface area (Å²) in [6.07, 6.45) is 6.15. The first-order valence-corrected chi connectivity index (χ1v) is 4.91. The van der Waals surface area contributed by atoms with Gasteiger partial charge in [0.2, 0.25) is 0 Å². The van der Waals surface area contributed by atoms with Crippen molar-refractivity contribution < 1.29 is 0 Å². The summed E-state index contributed by atoms with van der Waals surface area (Å²) in [4.78, 5) is 0. The Hall–Kier alpha value is -0.710. The smallest absolute Gasteiger partial charge is 0.0824 e. The zero-order valence-corrected chi connectivity index (χ0v) is 9.41. The van der Waals surface area contributed by atoms with Gasteiger partial charge in [-0.25, -0.2) is 0 Å². The molecule has 0 spiro atoms. The van der Waals surface area contributed by atoms with Gasteiger partial charge in [-0.1, -0.05) is 43.3 Å². The van der Waals surface area contributed by atoms with E-state index in [4.69, 9.17) is 11.6 Å². The van der Waals surface area contributed by atoms with E-state index < -0.39 is 0 Å². The molecule has 0 rings (SSSR count). The Morgan fingerprint density at radius 3 is 2.54 bits per heavy atom. The van der Waals surface area contributed by atoms with Gasteiger partial charge in [0.15, 0.2) is 0 Å². The van der Waals surface area contributed by atoms with Crippen molar-refractivity contribution in [3.63, 3.8) is 0 Å². The van der Waals surface area contributed by atoms with Gasteiger partial charge in [0.25, 0.3) is 0 Å². The van der Waals surface area contributed by atoms with Crippen LogP contribution in [0, 0.1) is 0 Å². The molecule has 0 aromatic rings. The van der Waals surface area contributed by atoms with Gasteiger partial charge >= 0.3 is 0 Å². The minimum Gasteiger partial charge on any atom is -0.0971 e. The number of hydrogen-bond donors (Lipinski definition) is 0. The molecule has 0 N–H and O–H groups in total. The van der Waals surface area contributed by atoms with Crippen LogP contribution in [0.2, 0.25) is 0 Å². The van der Waals surface area contributed by atoms with E-state index in [1.165, 1.54) is 0 Å². The summed E-state index contributed by atoms with van der Waals surface area (Å²) in [5, 5.41) is 0.647. The molecule has 0 aromatic heterocycles. The lowest BCUT2D eigenvalue weighted by Crippen LogP contribution is -1.72. The highest BCUT2D eigenvalue weighted by atomic mass is 35.5. The van der Waals surface area contributed by atoms with Crippen molar-refractivity contribution >= 4 is 11.6 Å². The van der Waals surface area contributed by atoms with E-state index >= 15 is 0 Å². The molecule has 0 bridgehead atoms. The fourth-order valence-corrected chi connectivity index (χ4v) is 0.912. The van der Waals surface area contributed by atoms with Crippen LogP contribution in [0.1, 0.15) is 33.6 Å².